The van der Waals surface area contributed by atoms with Crippen molar-refractivity contribution in [1.29, 1.82) is 0 Å². The number of anilines is 1. The molecule has 3 aromatic heterocycles. The van der Waals surface area contributed by atoms with Crippen LogP contribution in [0.4, 0.5) is 5.82 Å². The summed E-state index contributed by atoms with van der Waals surface area (Å²) in [5.41, 5.74) is 2.45. The molecule has 1 aromatic carbocycles. The summed E-state index contributed by atoms with van der Waals surface area (Å²) in [6, 6.07) is 7.98. The van der Waals surface area contributed by atoms with Gasteiger partial charge >= 0.3 is 0 Å². The highest BCUT2D eigenvalue weighted by Gasteiger charge is 2.20. The molecule has 0 spiro atoms. The van der Waals surface area contributed by atoms with Crippen LogP contribution in [-0.4, -0.2) is 58.6 Å². The van der Waals surface area contributed by atoms with Crippen molar-refractivity contribution in [2.24, 2.45) is 7.05 Å². The van der Waals surface area contributed by atoms with Gasteiger partial charge < -0.3 is 19.7 Å². The number of piperazine rings is 1. The van der Waals surface area contributed by atoms with E-state index in [1.165, 1.54) is 10.1 Å². The minimum Gasteiger partial charge on any atom is -0.353 e. The van der Waals surface area contributed by atoms with Crippen LogP contribution in [0.2, 0.25) is 0 Å². The zero-order chi connectivity index (χ0) is 20.7. The Hall–Kier alpha value is -2.97. The van der Waals surface area contributed by atoms with Crippen LogP contribution in [0.25, 0.3) is 21.0 Å². The number of likely N-dealkylation sites (N-methyl/N-ethyl adjacent to an activating group) is 1. The van der Waals surface area contributed by atoms with E-state index in [4.69, 9.17) is 4.98 Å². The lowest BCUT2D eigenvalue weighted by molar-refractivity contribution is 0.0950. The molecule has 5 rings (SSSR count). The van der Waals surface area contributed by atoms with Gasteiger partial charge in [-0.25, -0.2) is 9.97 Å². The summed E-state index contributed by atoms with van der Waals surface area (Å²) >= 11 is 1.73. The second kappa shape index (κ2) is 7.70. The second-order valence-electron chi connectivity index (χ2n) is 7.80. The Labute approximate surface area is 178 Å². The molecular formula is C22H24N6OS. The lowest BCUT2D eigenvalue weighted by atomic mass is 10.1. The first-order valence-electron chi connectivity index (χ1n) is 10.1. The van der Waals surface area contributed by atoms with E-state index in [0.29, 0.717) is 12.1 Å². The number of aryl methyl sites for hydroxylation is 1. The van der Waals surface area contributed by atoms with Crippen molar-refractivity contribution in [3.63, 3.8) is 0 Å². The van der Waals surface area contributed by atoms with Gasteiger partial charge in [-0.1, -0.05) is 6.07 Å². The molecule has 0 bridgehead atoms. The van der Waals surface area contributed by atoms with Crippen molar-refractivity contribution < 1.29 is 4.79 Å². The molecule has 154 valence electrons. The predicted molar refractivity (Wildman–Crippen MR) is 121 cm³/mol. The van der Waals surface area contributed by atoms with Crippen LogP contribution in [0, 0.1) is 0 Å². The Morgan fingerprint density at radius 3 is 2.73 bits per heavy atom. The van der Waals surface area contributed by atoms with Gasteiger partial charge in [0, 0.05) is 60.5 Å². The zero-order valence-corrected chi connectivity index (χ0v) is 17.9. The summed E-state index contributed by atoms with van der Waals surface area (Å²) in [4.78, 5) is 26.6. The fourth-order valence-electron chi connectivity index (χ4n) is 3.91. The quantitative estimate of drug-likeness (QED) is 0.550. The standard InChI is InChI=1S/C22H24N6OS/c1-26-6-8-28(9-7-26)21-18-5-10-30-20(18)17-4-3-15(11-19(17)25-21)22(29)24-13-16-12-23-14-27(16)2/h3-5,10-12,14H,6-9,13H2,1-2H3,(H,24,29). The Morgan fingerprint density at radius 2 is 1.97 bits per heavy atom. The van der Waals surface area contributed by atoms with Crippen LogP contribution in [0.15, 0.2) is 42.2 Å². The predicted octanol–water partition coefficient (Wildman–Crippen LogP) is 2.86. The fourth-order valence-corrected chi connectivity index (χ4v) is 4.84. The zero-order valence-electron chi connectivity index (χ0n) is 17.1. The third-order valence-corrected chi connectivity index (χ3v) is 6.73. The molecule has 7 nitrogen and oxygen atoms in total. The number of imidazole rings is 1. The van der Waals surface area contributed by atoms with Crippen LogP contribution in [0.5, 0.6) is 0 Å². The van der Waals surface area contributed by atoms with E-state index in [9.17, 15) is 4.79 Å². The number of carbonyl (C=O) groups is 1. The molecule has 1 aliphatic heterocycles. The maximum absolute atomic E-state index is 12.7. The van der Waals surface area contributed by atoms with Crippen molar-refractivity contribution in [2.45, 2.75) is 6.54 Å². The Bertz CT molecular complexity index is 1220. The summed E-state index contributed by atoms with van der Waals surface area (Å²) in [7, 11) is 4.07. The first kappa shape index (κ1) is 19.0. The number of hydrogen-bond donors (Lipinski definition) is 1. The van der Waals surface area contributed by atoms with Gasteiger partial charge in [0.05, 0.1) is 24.1 Å². The molecule has 0 atom stereocenters. The van der Waals surface area contributed by atoms with Crippen LogP contribution in [-0.2, 0) is 13.6 Å². The Kier molecular flexibility index (Phi) is 4.88. The summed E-state index contributed by atoms with van der Waals surface area (Å²) in [6.07, 6.45) is 3.49. The average molecular weight is 421 g/mol. The van der Waals surface area contributed by atoms with Crippen molar-refractivity contribution in [1.82, 2.24) is 24.8 Å². The van der Waals surface area contributed by atoms with E-state index in [1.807, 2.05) is 29.8 Å². The molecule has 1 saturated heterocycles. The molecule has 30 heavy (non-hydrogen) atoms. The van der Waals surface area contributed by atoms with Gasteiger partial charge in [0.15, 0.2) is 0 Å². The first-order chi connectivity index (χ1) is 14.6. The van der Waals surface area contributed by atoms with Gasteiger partial charge in [-0.15, -0.1) is 11.3 Å². The SMILES string of the molecule is CN1CCN(c2nc3cc(C(=O)NCc4cncn4C)ccc3c3sccc23)CC1. The summed E-state index contributed by atoms with van der Waals surface area (Å²) in [5, 5.41) is 7.40. The number of pyridine rings is 1. The van der Waals surface area contributed by atoms with E-state index < -0.39 is 0 Å². The lowest BCUT2D eigenvalue weighted by Crippen LogP contribution is -2.44. The maximum atomic E-state index is 12.7. The van der Waals surface area contributed by atoms with Crippen LogP contribution >= 0.6 is 11.3 Å². The normalized spacial score (nSPS) is 15.2. The van der Waals surface area contributed by atoms with E-state index in [2.05, 4.69) is 38.6 Å². The highest BCUT2D eigenvalue weighted by Crippen LogP contribution is 2.35. The molecule has 0 saturated carbocycles. The molecule has 8 heteroatoms. The average Bonchev–Trinajstić information content (AvgIpc) is 3.41. The van der Waals surface area contributed by atoms with E-state index >= 15 is 0 Å². The number of fused-ring (bicyclic) bond motifs is 3. The molecule has 4 aromatic rings. The number of amides is 1. The van der Waals surface area contributed by atoms with Gasteiger partial charge in [0.1, 0.15) is 5.82 Å². The number of nitrogens with one attached hydrogen (secondary N) is 1. The van der Waals surface area contributed by atoms with Crippen LogP contribution in [0.1, 0.15) is 16.1 Å². The third kappa shape index (κ3) is 3.42. The summed E-state index contributed by atoms with van der Waals surface area (Å²) < 4.78 is 3.13. The van der Waals surface area contributed by atoms with Crippen molar-refractivity contribution in [2.75, 3.05) is 38.1 Å². The largest absolute Gasteiger partial charge is 0.353 e. The van der Waals surface area contributed by atoms with E-state index in [0.717, 1.165) is 48.6 Å². The fraction of sp³-hybridized carbons (Fsp3) is 0.318. The number of nitrogens with zero attached hydrogens (tertiary/aromatic N) is 5. The van der Waals surface area contributed by atoms with E-state index in [-0.39, 0.29) is 5.91 Å². The number of benzene rings is 1. The van der Waals surface area contributed by atoms with Gasteiger partial charge in [-0.3, -0.25) is 4.79 Å². The van der Waals surface area contributed by atoms with Crippen molar-refractivity contribution in [3.8, 4) is 0 Å². The summed E-state index contributed by atoms with van der Waals surface area (Å²) in [5.74, 6) is 0.923. The highest BCUT2D eigenvalue weighted by molar-refractivity contribution is 7.18. The molecule has 1 N–H and O–H groups in total. The minimum atomic E-state index is -0.104. The molecule has 1 fully saturated rings. The second-order valence-corrected chi connectivity index (χ2v) is 8.72. The van der Waals surface area contributed by atoms with Crippen molar-refractivity contribution >= 4 is 44.1 Å². The molecule has 1 aliphatic rings. The summed E-state index contributed by atoms with van der Waals surface area (Å²) in [6.45, 7) is 4.43. The van der Waals surface area contributed by atoms with Crippen LogP contribution < -0.4 is 10.2 Å². The number of aromatic nitrogens is 3. The van der Waals surface area contributed by atoms with Gasteiger partial charge in [-0.05, 0) is 30.6 Å². The number of rotatable bonds is 4. The Morgan fingerprint density at radius 1 is 1.13 bits per heavy atom. The third-order valence-electron chi connectivity index (χ3n) is 5.79. The van der Waals surface area contributed by atoms with Gasteiger partial charge in [0.25, 0.3) is 5.91 Å². The number of hydrogen-bond acceptors (Lipinski definition) is 6. The van der Waals surface area contributed by atoms with Gasteiger partial charge in [0.2, 0.25) is 0 Å². The van der Waals surface area contributed by atoms with E-state index in [1.54, 1.807) is 23.9 Å². The number of carbonyl (C=O) groups excluding carboxylic acids is 1. The molecular weight excluding hydrogens is 396 g/mol. The molecule has 0 aliphatic carbocycles. The van der Waals surface area contributed by atoms with Crippen LogP contribution in [0.3, 0.4) is 0 Å². The Balaban J connectivity index is 1.48. The maximum Gasteiger partial charge on any atom is 0.251 e. The molecule has 0 radical (unpaired) electrons. The lowest BCUT2D eigenvalue weighted by Gasteiger charge is -2.33. The highest BCUT2D eigenvalue weighted by atomic mass is 32.1. The smallest absolute Gasteiger partial charge is 0.251 e. The molecule has 0 unspecified atom stereocenters. The topological polar surface area (TPSA) is 66.3 Å². The monoisotopic (exact) mass is 420 g/mol. The number of thiophene rings is 1. The first-order valence-corrected chi connectivity index (χ1v) is 11.0. The van der Waals surface area contributed by atoms with Crippen molar-refractivity contribution in [3.05, 3.63) is 53.4 Å². The van der Waals surface area contributed by atoms with Gasteiger partial charge in [-0.2, -0.15) is 0 Å². The molecule has 1 amide bonds. The minimum absolute atomic E-state index is 0.104. The molecule has 4 heterocycles.